The third-order valence-corrected chi connectivity index (χ3v) is 4.81. The van der Waals surface area contributed by atoms with Crippen molar-refractivity contribution in [2.75, 3.05) is 5.73 Å². The van der Waals surface area contributed by atoms with E-state index in [1.54, 1.807) is 6.20 Å². The van der Waals surface area contributed by atoms with E-state index in [0.717, 1.165) is 49.0 Å². The first kappa shape index (κ1) is 16.0. The summed E-state index contributed by atoms with van der Waals surface area (Å²) in [6.07, 6.45) is 8.83. The van der Waals surface area contributed by atoms with Crippen molar-refractivity contribution < 1.29 is 4.79 Å². The number of nitrogens with two attached hydrogens (primary N) is 1. The molecule has 0 aromatic carbocycles. The Morgan fingerprint density at radius 3 is 2.83 bits per heavy atom. The lowest BCUT2D eigenvalue weighted by atomic mass is 9.82. The fourth-order valence-corrected chi connectivity index (χ4v) is 3.62. The van der Waals surface area contributed by atoms with Gasteiger partial charge in [0.25, 0.3) is 0 Å². The Hall–Kier alpha value is -1.91. The van der Waals surface area contributed by atoms with Crippen LogP contribution in [0.25, 0.3) is 11.0 Å². The minimum Gasteiger partial charge on any atom is -0.397 e. The van der Waals surface area contributed by atoms with Crippen molar-refractivity contribution in [2.24, 2.45) is 5.92 Å². The van der Waals surface area contributed by atoms with Gasteiger partial charge in [-0.2, -0.15) is 5.10 Å². The van der Waals surface area contributed by atoms with Gasteiger partial charge in [-0.15, -0.1) is 0 Å². The highest BCUT2D eigenvalue weighted by Crippen LogP contribution is 2.34. The van der Waals surface area contributed by atoms with Gasteiger partial charge in [-0.1, -0.05) is 33.1 Å². The van der Waals surface area contributed by atoms with E-state index < -0.39 is 0 Å². The minimum atomic E-state index is 0.148. The van der Waals surface area contributed by atoms with E-state index in [9.17, 15) is 4.79 Å². The van der Waals surface area contributed by atoms with E-state index in [0.29, 0.717) is 23.6 Å². The Balaban J connectivity index is 2.00. The molecule has 2 aromatic heterocycles. The molecule has 0 saturated carbocycles. The average Bonchev–Trinajstić information content (AvgIpc) is 2.91. The monoisotopic (exact) mass is 314 g/mol. The van der Waals surface area contributed by atoms with E-state index in [2.05, 4.69) is 18.9 Å². The molecule has 5 nitrogen and oxygen atoms in total. The van der Waals surface area contributed by atoms with Crippen molar-refractivity contribution >= 4 is 22.5 Å². The van der Waals surface area contributed by atoms with E-state index in [-0.39, 0.29) is 5.78 Å². The molecule has 0 amide bonds. The molecule has 1 atom stereocenters. The van der Waals surface area contributed by atoms with Crippen molar-refractivity contribution in [3.63, 3.8) is 0 Å². The number of carbonyl (C=O) groups excluding carboxylic acids is 1. The second-order valence-electron chi connectivity index (χ2n) is 6.65. The highest BCUT2D eigenvalue weighted by Gasteiger charge is 2.29. The molecule has 0 bridgehead atoms. The number of carbonyl (C=O) groups is 1. The molecule has 0 aliphatic heterocycles. The zero-order valence-electron chi connectivity index (χ0n) is 14.1. The molecule has 0 spiro atoms. The van der Waals surface area contributed by atoms with E-state index in [4.69, 9.17) is 10.7 Å². The van der Waals surface area contributed by atoms with E-state index in [1.807, 2.05) is 4.68 Å². The van der Waals surface area contributed by atoms with Gasteiger partial charge in [-0.3, -0.25) is 4.79 Å². The summed E-state index contributed by atoms with van der Waals surface area (Å²) in [6.45, 7) is 5.20. The number of aromatic nitrogens is 3. The zero-order valence-corrected chi connectivity index (χ0v) is 14.1. The summed E-state index contributed by atoms with van der Waals surface area (Å²) in [5, 5.41) is 5.26. The minimum absolute atomic E-state index is 0.148. The second-order valence-corrected chi connectivity index (χ2v) is 6.65. The molecule has 23 heavy (non-hydrogen) atoms. The quantitative estimate of drug-likeness (QED) is 0.824. The molecular formula is C18H26N4O. The van der Waals surface area contributed by atoms with E-state index in [1.165, 1.54) is 12.8 Å². The van der Waals surface area contributed by atoms with Crippen LogP contribution in [-0.4, -0.2) is 20.5 Å². The predicted molar refractivity (Wildman–Crippen MR) is 92.5 cm³/mol. The number of rotatable bonds is 6. The molecule has 124 valence electrons. The van der Waals surface area contributed by atoms with E-state index >= 15 is 0 Å². The number of hydrogen-bond donors (Lipinski definition) is 1. The summed E-state index contributed by atoms with van der Waals surface area (Å²) >= 11 is 0. The van der Waals surface area contributed by atoms with Crippen LogP contribution in [0.3, 0.4) is 0 Å². The number of unbranched alkanes of at least 4 members (excludes halogenated alkanes) is 2. The van der Waals surface area contributed by atoms with Gasteiger partial charge in [0.2, 0.25) is 0 Å². The molecule has 1 aliphatic carbocycles. The maximum Gasteiger partial charge on any atom is 0.167 e. The third kappa shape index (κ3) is 2.96. The molecule has 3 rings (SSSR count). The highest BCUT2D eigenvalue weighted by atomic mass is 16.1. The summed E-state index contributed by atoms with van der Waals surface area (Å²) in [7, 11) is 0. The summed E-state index contributed by atoms with van der Waals surface area (Å²) in [6, 6.07) is 0. The molecule has 5 heteroatoms. The number of Topliss-reactive ketones (excluding diaryl/α,β-unsaturated/α-hetero) is 1. The topological polar surface area (TPSA) is 73.8 Å². The fraction of sp³-hybridized carbons (Fsp3) is 0.611. The first-order valence-corrected chi connectivity index (χ1v) is 8.82. The van der Waals surface area contributed by atoms with Gasteiger partial charge in [0, 0.05) is 13.0 Å². The standard InChI is InChI=1S/C18H26N4O/c1-3-5-6-8-22-18-13(11-20-22)17(19)16-14(21-18)9-12(7-4-2)10-15(16)23/h11-12H,3-10H2,1-2H3,(H2,19,21). The predicted octanol–water partition coefficient (Wildman–Crippen LogP) is 3.75. The molecule has 0 radical (unpaired) electrons. The number of nitrogens with zero attached hydrogens (tertiary/aromatic N) is 3. The van der Waals surface area contributed by atoms with Crippen LogP contribution in [0.1, 0.15) is 68.4 Å². The summed E-state index contributed by atoms with van der Waals surface area (Å²) < 4.78 is 1.94. The first-order chi connectivity index (χ1) is 11.2. The van der Waals surface area contributed by atoms with Crippen LogP contribution in [0.5, 0.6) is 0 Å². The molecule has 2 N–H and O–H groups in total. The van der Waals surface area contributed by atoms with Crippen LogP contribution in [0, 0.1) is 5.92 Å². The second kappa shape index (κ2) is 6.69. The Morgan fingerprint density at radius 1 is 1.26 bits per heavy atom. The number of anilines is 1. The van der Waals surface area contributed by atoms with Crippen LogP contribution in [0.15, 0.2) is 6.20 Å². The van der Waals surface area contributed by atoms with Gasteiger partial charge in [-0.25, -0.2) is 9.67 Å². The normalized spacial score (nSPS) is 17.7. The van der Waals surface area contributed by atoms with Gasteiger partial charge in [0.1, 0.15) is 0 Å². The number of pyridine rings is 1. The number of hydrogen-bond acceptors (Lipinski definition) is 4. The molecular weight excluding hydrogens is 288 g/mol. The van der Waals surface area contributed by atoms with Crippen molar-refractivity contribution in [3.05, 3.63) is 17.5 Å². The molecule has 1 unspecified atom stereocenters. The van der Waals surface area contributed by atoms with Crippen molar-refractivity contribution in [3.8, 4) is 0 Å². The smallest absolute Gasteiger partial charge is 0.167 e. The summed E-state index contributed by atoms with van der Waals surface area (Å²) in [5.74, 6) is 0.552. The van der Waals surface area contributed by atoms with Crippen molar-refractivity contribution in [2.45, 2.75) is 65.3 Å². The molecule has 2 heterocycles. The first-order valence-electron chi connectivity index (χ1n) is 8.82. The van der Waals surface area contributed by atoms with Gasteiger partial charge in [-0.05, 0) is 25.2 Å². The molecule has 0 fully saturated rings. The molecule has 0 saturated heterocycles. The van der Waals surface area contributed by atoms with Crippen LogP contribution in [0.4, 0.5) is 5.69 Å². The van der Waals surface area contributed by atoms with Crippen LogP contribution < -0.4 is 5.73 Å². The Bertz CT molecular complexity index is 719. The lowest BCUT2D eigenvalue weighted by molar-refractivity contribution is 0.0946. The van der Waals surface area contributed by atoms with Crippen molar-refractivity contribution in [1.82, 2.24) is 14.8 Å². The average molecular weight is 314 g/mol. The number of fused-ring (bicyclic) bond motifs is 2. The Kier molecular flexibility index (Phi) is 4.64. The van der Waals surface area contributed by atoms with Gasteiger partial charge < -0.3 is 5.73 Å². The largest absolute Gasteiger partial charge is 0.397 e. The SMILES string of the molecule is CCCCCn1ncc2c(N)c3c(nc21)CC(CCC)CC3=O. The number of aryl methyl sites for hydroxylation is 1. The van der Waals surface area contributed by atoms with Crippen LogP contribution in [0.2, 0.25) is 0 Å². The molecule has 1 aliphatic rings. The molecule has 2 aromatic rings. The third-order valence-electron chi connectivity index (χ3n) is 4.81. The van der Waals surface area contributed by atoms with Gasteiger partial charge >= 0.3 is 0 Å². The Labute approximate surface area is 137 Å². The maximum absolute atomic E-state index is 12.5. The lowest BCUT2D eigenvalue weighted by Gasteiger charge is -2.23. The van der Waals surface area contributed by atoms with Crippen LogP contribution >= 0.6 is 0 Å². The summed E-state index contributed by atoms with van der Waals surface area (Å²) in [4.78, 5) is 17.3. The lowest BCUT2D eigenvalue weighted by Crippen LogP contribution is -2.23. The van der Waals surface area contributed by atoms with Gasteiger partial charge in [0.15, 0.2) is 11.4 Å². The number of nitrogen functional groups attached to an aromatic ring is 1. The fourth-order valence-electron chi connectivity index (χ4n) is 3.62. The summed E-state index contributed by atoms with van der Waals surface area (Å²) in [5.41, 5.74) is 9.24. The van der Waals surface area contributed by atoms with Gasteiger partial charge in [0.05, 0.1) is 28.5 Å². The highest BCUT2D eigenvalue weighted by molar-refractivity contribution is 6.08. The Morgan fingerprint density at radius 2 is 2.09 bits per heavy atom. The number of ketones is 1. The zero-order chi connectivity index (χ0) is 16.4. The van der Waals surface area contributed by atoms with Crippen molar-refractivity contribution in [1.29, 1.82) is 0 Å². The van der Waals surface area contributed by atoms with Crippen LogP contribution in [-0.2, 0) is 13.0 Å². The maximum atomic E-state index is 12.5.